The Morgan fingerprint density at radius 2 is 2.00 bits per heavy atom. The van der Waals surface area contributed by atoms with Gasteiger partial charge in [-0.15, -0.1) is 0 Å². The van der Waals surface area contributed by atoms with Crippen LogP contribution in [0.4, 0.5) is 17.6 Å². The lowest BCUT2D eigenvalue weighted by Crippen LogP contribution is -2.25. The second-order valence-corrected chi connectivity index (χ2v) is 4.95. The molecule has 0 heterocycles. The van der Waals surface area contributed by atoms with E-state index in [0.29, 0.717) is 13.0 Å². The minimum absolute atomic E-state index is 0.0359. The Bertz CT molecular complexity index is 406. The molecule has 108 valence electrons. The average molecular weight is 298 g/mol. The van der Waals surface area contributed by atoms with E-state index < -0.39 is 18.4 Å². The van der Waals surface area contributed by atoms with Gasteiger partial charge >= 0.3 is 6.18 Å². The highest BCUT2D eigenvalue weighted by atomic mass is 35.5. The second-order valence-electron chi connectivity index (χ2n) is 4.54. The largest absolute Gasteiger partial charge is 0.389 e. The van der Waals surface area contributed by atoms with Crippen molar-refractivity contribution in [1.29, 1.82) is 0 Å². The number of hydrogen-bond donors (Lipinski definition) is 1. The smallest absolute Gasteiger partial charge is 0.310 e. The van der Waals surface area contributed by atoms with Crippen LogP contribution in [0.15, 0.2) is 18.2 Å². The van der Waals surface area contributed by atoms with E-state index in [4.69, 9.17) is 11.6 Å². The molecule has 0 spiro atoms. The molecule has 1 aromatic rings. The van der Waals surface area contributed by atoms with Gasteiger partial charge in [-0.3, -0.25) is 0 Å². The number of nitrogens with one attached hydrogen (secondary N) is 1. The molecule has 0 aromatic heterocycles. The topological polar surface area (TPSA) is 12.0 Å². The summed E-state index contributed by atoms with van der Waals surface area (Å²) < 4.78 is 48.8. The van der Waals surface area contributed by atoms with E-state index in [1.165, 1.54) is 12.1 Å². The van der Waals surface area contributed by atoms with Crippen LogP contribution in [0.3, 0.4) is 0 Å². The third-order valence-corrected chi connectivity index (χ3v) is 3.03. The molecule has 0 saturated heterocycles. The Morgan fingerprint density at radius 3 is 2.58 bits per heavy atom. The molecule has 0 aliphatic carbocycles. The Labute approximate surface area is 115 Å². The van der Waals surface area contributed by atoms with E-state index >= 15 is 0 Å². The molecule has 0 bridgehead atoms. The molecule has 1 rings (SSSR count). The van der Waals surface area contributed by atoms with Gasteiger partial charge in [0.2, 0.25) is 0 Å². The van der Waals surface area contributed by atoms with Crippen molar-refractivity contribution >= 4 is 11.6 Å². The molecule has 0 radical (unpaired) electrons. The number of benzene rings is 1. The Balaban J connectivity index is 2.29. The van der Waals surface area contributed by atoms with Crippen molar-refractivity contribution in [1.82, 2.24) is 5.32 Å². The van der Waals surface area contributed by atoms with E-state index in [0.717, 1.165) is 5.56 Å². The first-order valence-electron chi connectivity index (χ1n) is 6.02. The molecule has 1 unspecified atom stereocenters. The molecule has 1 nitrogen and oxygen atoms in total. The van der Waals surface area contributed by atoms with E-state index in [1.54, 1.807) is 6.07 Å². The Kier molecular flexibility index (Phi) is 6.07. The van der Waals surface area contributed by atoms with Crippen molar-refractivity contribution < 1.29 is 17.6 Å². The molecule has 1 atom stereocenters. The predicted octanol–water partition coefficient (Wildman–Crippen LogP) is 4.69. The van der Waals surface area contributed by atoms with Crippen molar-refractivity contribution in [2.75, 3.05) is 0 Å². The van der Waals surface area contributed by atoms with Gasteiger partial charge in [0.1, 0.15) is 5.82 Å². The Hall–Kier alpha value is -0.810. The number of hydrogen-bond acceptors (Lipinski definition) is 1. The van der Waals surface area contributed by atoms with E-state index in [1.807, 2.05) is 6.92 Å². The van der Waals surface area contributed by atoms with Crippen LogP contribution in [-0.2, 0) is 6.54 Å². The minimum Gasteiger partial charge on any atom is -0.310 e. The fourth-order valence-corrected chi connectivity index (χ4v) is 1.86. The zero-order valence-electron chi connectivity index (χ0n) is 10.5. The molecular weight excluding hydrogens is 282 g/mol. The summed E-state index contributed by atoms with van der Waals surface area (Å²) in [6, 6.07) is 4.34. The molecule has 19 heavy (non-hydrogen) atoms. The standard InChI is InChI=1S/C13H16ClF4N/c1-9(3-2-6-13(16,17)18)19-8-10-4-5-12(15)11(14)7-10/h4-5,7,9,19H,2-3,6,8H2,1H3. The third-order valence-electron chi connectivity index (χ3n) is 2.74. The fraction of sp³-hybridized carbons (Fsp3) is 0.538. The summed E-state index contributed by atoms with van der Waals surface area (Å²) in [4.78, 5) is 0. The second kappa shape index (κ2) is 7.10. The lowest BCUT2D eigenvalue weighted by molar-refractivity contribution is -0.135. The summed E-state index contributed by atoms with van der Waals surface area (Å²) in [6.07, 6.45) is -4.32. The lowest BCUT2D eigenvalue weighted by atomic mass is 10.1. The maximum Gasteiger partial charge on any atom is 0.389 e. The zero-order chi connectivity index (χ0) is 14.5. The number of halogens is 5. The molecule has 1 aromatic carbocycles. The molecule has 0 aliphatic heterocycles. The summed E-state index contributed by atoms with van der Waals surface area (Å²) in [7, 11) is 0. The maximum absolute atomic E-state index is 12.9. The van der Waals surface area contributed by atoms with Gasteiger partial charge in [0.05, 0.1) is 5.02 Å². The van der Waals surface area contributed by atoms with Crippen LogP contribution in [0.1, 0.15) is 31.7 Å². The van der Waals surface area contributed by atoms with Crippen molar-refractivity contribution in [3.8, 4) is 0 Å². The van der Waals surface area contributed by atoms with Crippen LogP contribution < -0.4 is 5.32 Å². The quantitative estimate of drug-likeness (QED) is 0.751. The first-order valence-corrected chi connectivity index (χ1v) is 6.40. The van der Waals surface area contributed by atoms with Crippen LogP contribution in [0.2, 0.25) is 5.02 Å². The predicted molar refractivity (Wildman–Crippen MR) is 67.6 cm³/mol. The van der Waals surface area contributed by atoms with Crippen molar-refractivity contribution in [3.05, 3.63) is 34.6 Å². The highest BCUT2D eigenvalue weighted by Gasteiger charge is 2.26. The van der Waals surface area contributed by atoms with Crippen molar-refractivity contribution in [2.24, 2.45) is 0 Å². The molecule has 1 N–H and O–H groups in total. The molecule has 0 fully saturated rings. The van der Waals surface area contributed by atoms with E-state index in [9.17, 15) is 17.6 Å². The zero-order valence-corrected chi connectivity index (χ0v) is 11.3. The highest BCUT2D eigenvalue weighted by Crippen LogP contribution is 2.22. The normalized spacial score (nSPS) is 13.6. The Morgan fingerprint density at radius 1 is 1.32 bits per heavy atom. The fourth-order valence-electron chi connectivity index (χ4n) is 1.65. The summed E-state index contributed by atoms with van der Waals surface area (Å²) in [5.41, 5.74) is 0.800. The van der Waals surface area contributed by atoms with Gasteiger partial charge in [0.25, 0.3) is 0 Å². The van der Waals surface area contributed by atoms with Crippen molar-refractivity contribution in [3.63, 3.8) is 0 Å². The van der Waals surface area contributed by atoms with Crippen LogP contribution >= 0.6 is 11.6 Å². The first kappa shape index (κ1) is 16.2. The van der Waals surface area contributed by atoms with Gasteiger partial charge < -0.3 is 5.32 Å². The van der Waals surface area contributed by atoms with Crippen LogP contribution in [0.5, 0.6) is 0 Å². The van der Waals surface area contributed by atoms with Gasteiger partial charge in [-0.2, -0.15) is 13.2 Å². The van der Waals surface area contributed by atoms with E-state index in [2.05, 4.69) is 5.32 Å². The monoisotopic (exact) mass is 297 g/mol. The first-order chi connectivity index (χ1) is 8.78. The van der Waals surface area contributed by atoms with Crippen LogP contribution in [-0.4, -0.2) is 12.2 Å². The summed E-state index contributed by atoms with van der Waals surface area (Å²) in [5.74, 6) is -0.483. The molecule has 0 aliphatic rings. The van der Waals surface area contributed by atoms with Gasteiger partial charge in [-0.05, 0) is 37.5 Å². The van der Waals surface area contributed by atoms with Gasteiger partial charge in [-0.1, -0.05) is 17.7 Å². The van der Waals surface area contributed by atoms with Crippen molar-refractivity contribution in [2.45, 2.75) is 44.9 Å². The maximum atomic E-state index is 12.9. The molecular formula is C13H16ClF4N. The van der Waals surface area contributed by atoms with Crippen LogP contribution in [0.25, 0.3) is 0 Å². The SMILES string of the molecule is CC(CCCC(F)(F)F)NCc1ccc(F)c(Cl)c1. The van der Waals surface area contributed by atoms with E-state index in [-0.39, 0.29) is 17.5 Å². The molecule has 0 amide bonds. The molecule has 0 saturated carbocycles. The van der Waals surface area contributed by atoms with Gasteiger partial charge in [0, 0.05) is 19.0 Å². The highest BCUT2D eigenvalue weighted by molar-refractivity contribution is 6.30. The summed E-state index contributed by atoms with van der Waals surface area (Å²) in [5, 5.41) is 3.13. The van der Waals surface area contributed by atoms with Crippen LogP contribution in [0, 0.1) is 5.82 Å². The summed E-state index contributed by atoms with van der Waals surface area (Å²) in [6.45, 7) is 2.27. The third kappa shape index (κ3) is 6.78. The van der Waals surface area contributed by atoms with Gasteiger partial charge in [0.15, 0.2) is 0 Å². The molecule has 6 heteroatoms. The minimum atomic E-state index is -4.09. The lowest BCUT2D eigenvalue weighted by Gasteiger charge is -2.14. The number of alkyl halides is 3. The number of rotatable bonds is 6. The summed E-state index contributed by atoms with van der Waals surface area (Å²) >= 11 is 5.64. The average Bonchev–Trinajstić information content (AvgIpc) is 2.29. The van der Waals surface area contributed by atoms with Gasteiger partial charge in [-0.25, -0.2) is 4.39 Å².